The molecule has 30 heavy (non-hydrogen) atoms. The van der Waals surface area contributed by atoms with E-state index in [4.69, 9.17) is 14.8 Å². The average Bonchev–Trinajstić information content (AvgIpc) is 3.41. The first-order valence-electron chi connectivity index (χ1n) is 11.1. The third kappa shape index (κ3) is 4.06. The van der Waals surface area contributed by atoms with Crippen molar-refractivity contribution in [3.63, 3.8) is 0 Å². The number of nitrogens with zero attached hydrogens (tertiary/aromatic N) is 7. The summed E-state index contributed by atoms with van der Waals surface area (Å²) in [6.45, 7) is 10.8. The van der Waals surface area contributed by atoms with Gasteiger partial charge in [0.2, 0.25) is 0 Å². The molecule has 0 spiro atoms. The first-order valence-corrected chi connectivity index (χ1v) is 11.1. The van der Waals surface area contributed by atoms with Gasteiger partial charge >= 0.3 is 0 Å². The van der Waals surface area contributed by atoms with Crippen molar-refractivity contribution in [3.8, 4) is 0 Å². The predicted molar refractivity (Wildman–Crippen MR) is 116 cm³/mol. The maximum Gasteiger partial charge on any atom is 0.156 e. The zero-order chi connectivity index (χ0) is 20.5. The number of ether oxygens (including phenoxy) is 1. The third-order valence-electron chi connectivity index (χ3n) is 6.17. The number of hydrogen-bond acceptors (Lipinski definition) is 6. The van der Waals surface area contributed by atoms with Gasteiger partial charge in [0, 0.05) is 49.9 Å². The Labute approximate surface area is 177 Å². The fourth-order valence-corrected chi connectivity index (χ4v) is 4.48. The summed E-state index contributed by atoms with van der Waals surface area (Å²) in [4.78, 5) is 9.72. The van der Waals surface area contributed by atoms with Crippen LogP contribution < -0.4 is 4.90 Å². The van der Waals surface area contributed by atoms with E-state index in [1.54, 1.807) is 0 Å². The molecule has 5 heterocycles. The quantitative estimate of drug-likeness (QED) is 0.646. The van der Waals surface area contributed by atoms with Gasteiger partial charge < -0.3 is 9.64 Å². The molecule has 0 saturated carbocycles. The molecule has 2 aliphatic heterocycles. The Balaban J connectivity index is 1.29. The minimum atomic E-state index is 0.380. The molecule has 160 valence electrons. The number of piperidine rings is 1. The van der Waals surface area contributed by atoms with Crippen molar-refractivity contribution in [2.45, 2.75) is 45.2 Å². The van der Waals surface area contributed by atoms with Crippen molar-refractivity contribution in [2.24, 2.45) is 0 Å². The Morgan fingerprint density at radius 3 is 2.80 bits per heavy atom. The monoisotopic (exact) mass is 409 g/mol. The summed E-state index contributed by atoms with van der Waals surface area (Å²) < 4.78 is 9.46. The van der Waals surface area contributed by atoms with Gasteiger partial charge in [0.25, 0.3) is 0 Å². The molecule has 0 amide bonds. The summed E-state index contributed by atoms with van der Waals surface area (Å²) in [5.41, 5.74) is 3.40. The summed E-state index contributed by atoms with van der Waals surface area (Å²) in [5.74, 6) is 1.35. The molecule has 0 aromatic carbocycles. The van der Waals surface area contributed by atoms with E-state index in [2.05, 4.69) is 53.3 Å². The van der Waals surface area contributed by atoms with E-state index in [1.165, 1.54) is 17.7 Å². The molecule has 1 atom stereocenters. The lowest BCUT2D eigenvalue weighted by atomic mass is 9.97. The summed E-state index contributed by atoms with van der Waals surface area (Å²) in [7, 11) is 0. The molecule has 2 saturated heterocycles. The lowest BCUT2D eigenvalue weighted by Crippen LogP contribution is -2.36. The molecule has 2 aliphatic rings. The van der Waals surface area contributed by atoms with Crippen LogP contribution in [-0.2, 0) is 11.3 Å². The Kier molecular flexibility index (Phi) is 5.43. The summed E-state index contributed by atoms with van der Waals surface area (Å²) in [6, 6.07) is 4.64. The summed E-state index contributed by atoms with van der Waals surface area (Å²) >= 11 is 0. The Hall–Kier alpha value is -2.45. The highest BCUT2D eigenvalue weighted by molar-refractivity contribution is 5.51. The van der Waals surface area contributed by atoms with Gasteiger partial charge in [0.05, 0.1) is 31.3 Å². The second kappa shape index (κ2) is 8.35. The van der Waals surface area contributed by atoms with Crippen molar-refractivity contribution in [1.29, 1.82) is 0 Å². The van der Waals surface area contributed by atoms with Gasteiger partial charge in [-0.1, -0.05) is 0 Å². The number of likely N-dealkylation sites (tertiary alicyclic amines) is 1. The van der Waals surface area contributed by atoms with E-state index in [9.17, 15) is 0 Å². The highest BCUT2D eigenvalue weighted by Gasteiger charge is 2.25. The van der Waals surface area contributed by atoms with E-state index in [-0.39, 0.29) is 0 Å². The van der Waals surface area contributed by atoms with Crippen LogP contribution in [0.1, 0.15) is 50.0 Å². The van der Waals surface area contributed by atoms with Gasteiger partial charge in [-0.3, -0.25) is 9.58 Å². The highest BCUT2D eigenvalue weighted by Crippen LogP contribution is 2.27. The molecule has 0 aliphatic carbocycles. The lowest BCUT2D eigenvalue weighted by molar-refractivity contribution is 0.122. The molecule has 2 fully saturated rings. The van der Waals surface area contributed by atoms with Crippen LogP contribution in [0, 0.1) is 0 Å². The van der Waals surface area contributed by atoms with Gasteiger partial charge in [0.15, 0.2) is 11.5 Å². The number of morpholine rings is 1. The smallest absolute Gasteiger partial charge is 0.156 e. The molecule has 0 N–H and O–H groups in total. The molecule has 5 rings (SSSR count). The van der Waals surface area contributed by atoms with Crippen molar-refractivity contribution in [1.82, 2.24) is 29.3 Å². The largest absolute Gasteiger partial charge is 0.378 e. The van der Waals surface area contributed by atoms with Crippen molar-refractivity contribution >= 4 is 11.3 Å². The van der Waals surface area contributed by atoms with Crippen LogP contribution in [0.25, 0.3) is 5.65 Å². The van der Waals surface area contributed by atoms with E-state index >= 15 is 0 Å². The van der Waals surface area contributed by atoms with E-state index in [0.29, 0.717) is 12.0 Å². The number of rotatable bonds is 5. The molecule has 0 radical (unpaired) electrons. The van der Waals surface area contributed by atoms with Crippen LogP contribution >= 0.6 is 0 Å². The SMILES string of the molecule is CC(C)n1cc(CN2CCC[C@@H](c3nc4ccc(N5CCOCC5)cn4n3)C2)cn1. The van der Waals surface area contributed by atoms with Crippen LogP contribution in [0.4, 0.5) is 5.69 Å². The molecule has 0 unspecified atom stereocenters. The molecular weight excluding hydrogens is 378 g/mol. The fraction of sp³-hybridized carbons (Fsp3) is 0.591. The molecule has 3 aromatic rings. The Morgan fingerprint density at radius 2 is 2.00 bits per heavy atom. The predicted octanol–water partition coefficient (Wildman–Crippen LogP) is 2.72. The van der Waals surface area contributed by atoms with Gasteiger partial charge in [-0.2, -0.15) is 10.2 Å². The number of anilines is 1. The second-order valence-corrected chi connectivity index (χ2v) is 8.76. The molecule has 3 aromatic heterocycles. The minimum Gasteiger partial charge on any atom is -0.378 e. The van der Waals surface area contributed by atoms with Gasteiger partial charge in [-0.15, -0.1) is 0 Å². The van der Waals surface area contributed by atoms with E-state index < -0.39 is 0 Å². The maximum atomic E-state index is 5.47. The van der Waals surface area contributed by atoms with E-state index in [1.807, 2.05) is 15.4 Å². The molecule has 0 bridgehead atoms. The number of fused-ring (bicyclic) bond motifs is 1. The van der Waals surface area contributed by atoms with Gasteiger partial charge in [0.1, 0.15) is 0 Å². The zero-order valence-electron chi connectivity index (χ0n) is 17.9. The van der Waals surface area contributed by atoms with E-state index in [0.717, 1.165) is 63.8 Å². The zero-order valence-corrected chi connectivity index (χ0v) is 17.9. The van der Waals surface area contributed by atoms with Crippen LogP contribution in [0.15, 0.2) is 30.7 Å². The van der Waals surface area contributed by atoms with Crippen LogP contribution in [0.2, 0.25) is 0 Å². The summed E-state index contributed by atoms with van der Waals surface area (Å²) in [6.07, 6.45) is 8.61. The first-order chi connectivity index (χ1) is 14.7. The Morgan fingerprint density at radius 1 is 1.13 bits per heavy atom. The van der Waals surface area contributed by atoms with Crippen LogP contribution in [-0.4, -0.2) is 68.7 Å². The number of aromatic nitrogens is 5. The molecule has 8 heteroatoms. The first kappa shape index (κ1) is 19.5. The standard InChI is InChI=1S/C22H31N7O/c1-17(2)28-14-18(12-23-28)13-26-7-3-4-19(15-26)22-24-21-6-5-20(16-29(21)25-22)27-8-10-30-11-9-27/h5-6,12,14,16-17,19H,3-4,7-11,13,15H2,1-2H3/t19-/m1/s1. The van der Waals surface area contributed by atoms with Crippen molar-refractivity contribution < 1.29 is 4.74 Å². The topological polar surface area (TPSA) is 63.7 Å². The summed E-state index contributed by atoms with van der Waals surface area (Å²) in [5, 5.41) is 9.35. The normalized spacial score (nSPS) is 21.0. The Bertz CT molecular complexity index is 988. The number of hydrogen-bond donors (Lipinski definition) is 0. The maximum absolute atomic E-state index is 5.47. The molecule has 8 nitrogen and oxygen atoms in total. The van der Waals surface area contributed by atoms with Crippen LogP contribution in [0.5, 0.6) is 0 Å². The average molecular weight is 410 g/mol. The van der Waals surface area contributed by atoms with Gasteiger partial charge in [-0.05, 0) is 45.4 Å². The fourth-order valence-electron chi connectivity index (χ4n) is 4.48. The number of pyridine rings is 1. The van der Waals surface area contributed by atoms with Crippen molar-refractivity contribution in [3.05, 3.63) is 42.1 Å². The van der Waals surface area contributed by atoms with Crippen molar-refractivity contribution in [2.75, 3.05) is 44.3 Å². The highest BCUT2D eigenvalue weighted by atomic mass is 16.5. The minimum absolute atomic E-state index is 0.380. The second-order valence-electron chi connectivity index (χ2n) is 8.76. The van der Waals surface area contributed by atoms with Gasteiger partial charge in [-0.25, -0.2) is 9.50 Å². The third-order valence-corrected chi connectivity index (χ3v) is 6.17. The lowest BCUT2D eigenvalue weighted by Gasteiger charge is -2.31. The van der Waals surface area contributed by atoms with Crippen LogP contribution in [0.3, 0.4) is 0 Å². The molecular formula is C22H31N7O.